The summed E-state index contributed by atoms with van der Waals surface area (Å²) in [6.07, 6.45) is 1.23. The van der Waals surface area contributed by atoms with Gasteiger partial charge in [0.2, 0.25) is 0 Å². The fraction of sp³-hybridized carbons (Fsp3) is 0.462. The van der Waals surface area contributed by atoms with Gasteiger partial charge in [-0.1, -0.05) is 49.7 Å². The average molecular weight is 252 g/mol. The van der Waals surface area contributed by atoms with E-state index in [4.69, 9.17) is 10.9 Å². The molecule has 0 radical (unpaired) electrons. The Morgan fingerprint density at radius 2 is 2.06 bits per heavy atom. The summed E-state index contributed by atoms with van der Waals surface area (Å²) in [7, 11) is 0. The highest BCUT2D eigenvalue weighted by molar-refractivity contribution is 7.98. The molecule has 0 aromatic heterocycles. The van der Waals surface area contributed by atoms with Gasteiger partial charge in [0.1, 0.15) is 0 Å². The first-order chi connectivity index (χ1) is 8.17. The Morgan fingerprint density at radius 3 is 2.59 bits per heavy atom. The zero-order chi connectivity index (χ0) is 12.7. The van der Waals surface area contributed by atoms with Gasteiger partial charge in [-0.3, -0.25) is 0 Å². The molecule has 1 atom stereocenters. The molecule has 0 amide bonds. The van der Waals surface area contributed by atoms with E-state index in [2.05, 4.69) is 19.0 Å². The molecule has 0 saturated heterocycles. The molecule has 3 nitrogen and oxygen atoms in total. The molecule has 94 valence electrons. The smallest absolute Gasteiger partial charge is 0.170 e. The Bertz CT molecular complexity index is 362. The topological polar surface area (TPSA) is 58.6 Å². The Balaban J connectivity index is 2.46. The number of nitrogens with two attached hydrogens (primary N) is 1. The Morgan fingerprint density at radius 1 is 1.41 bits per heavy atom. The van der Waals surface area contributed by atoms with Crippen LogP contribution in [0.25, 0.3) is 0 Å². The molecule has 3 N–H and O–H groups in total. The van der Waals surface area contributed by atoms with E-state index in [9.17, 15) is 0 Å². The van der Waals surface area contributed by atoms with Crippen molar-refractivity contribution in [1.29, 1.82) is 0 Å². The molecule has 0 aliphatic heterocycles. The minimum Gasteiger partial charge on any atom is -0.409 e. The van der Waals surface area contributed by atoms with Crippen LogP contribution < -0.4 is 5.73 Å². The predicted molar refractivity (Wildman–Crippen MR) is 74.6 cm³/mol. The van der Waals surface area contributed by atoms with E-state index in [1.54, 1.807) is 0 Å². The lowest BCUT2D eigenvalue weighted by Gasteiger charge is -2.08. The molecular formula is C13H20N2OS. The fourth-order valence-electron chi connectivity index (χ4n) is 1.33. The fourth-order valence-corrected chi connectivity index (χ4v) is 2.51. The molecule has 1 aromatic carbocycles. The van der Waals surface area contributed by atoms with Crippen LogP contribution in [-0.4, -0.2) is 16.8 Å². The van der Waals surface area contributed by atoms with Gasteiger partial charge in [-0.25, -0.2) is 0 Å². The van der Waals surface area contributed by atoms with Gasteiger partial charge in [-0.2, -0.15) is 11.8 Å². The van der Waals surface area contributed by atoms with Gasteiger partial charge < -0.3 is 10.9 Å². The molecule has 0 saturated carbocycles. The third-order valence-corrected chi connectivity index (χ3v) is 4.07. The summed E-state index contributed by atoms with van der Waals surface area (Å²) in [5, 5.41) is 11.5. The Kier molecular flexibility index (Phi) is 5.91. The van der Waals surface area contributed by atoms with Crippen molar-refractivity contribution in [2.45, 2.75) is 26.0 Å². The van der Waals surface area contributed by atoms with Crippen molar-refractivity contribution in [2.24, 2.45) is 16.8 Å². The number of nitrogens with zero attached hydrogens (tertiary/aromatic N) is 1. The molecule has 1 unspecified atom stereocenters. The van der Waals surface area contributed by atoms with E-state index in [0.29, 0.717) is 0 Å². The van der Waals surface area contributed by atoms with Crippen LogP contribution in [0.3, 0.4) is 0 Å². The molecule has 17 heavy (non-hydrogen) atoms. The Hall–Kier alpha value is -1.16. The predicted octanol–water partition coefficient (Wildman–Crippen LogP) is 3.06. The van der Waals surface area contributed by atoms with Crippen molar-refractivity contribution in [3.05, 3.63) is 35.4 Å². The molecule has 0 aliphatic rings. The van der Waals surface area contributed by atoms with Gasteiger partial charge in [-0.15, -0.1) is 0 Å². The first-order valence-electron chi connectivity index (χ1n) is 5.82. The van der Waals surface area contributed by atoms with Crippen LogP contribution in [0.4, 0.5) is 0 Å². The second kappa shape index (κ2) is 7.22. The summed E-state index contributed by atoms with van der Waals surface area (Å²) >= 11 is 1.95. The van der Waals surface area contributed by atoms with Crippen LogP contribution in [-0.2, 0) is 5.75 Å². The number of hydrogen-bond acceptors (Lipinski definition) is 3. The van der Waals surface area contributed by atoms with Gasteiger partial charge in [0.15, 0.2) is 5.84 Å². The largest absolute Gasteiger partial charge is 0.409 e. The minimum absolute atomic E-state index is 0.156. The minimum atomic E-state index is 0.156. The maximum absolute atomic E-state index is 8.55. The lowest BCUT2D eigenvalue weighted by atomic mass is 10.1. The molecule has 1 aromatic rings. The van der Waals surface area contributed by atoms with E-state index < -0.39 is 0 Å². The molecule has 0 fully saturated rings. The maximum atomic E-state index is 8.55. The second-order valence-electron chi connectivity index (χ2n) is 4.21. The molecule has 0 aliphatic carbocycles. The van der Waals surface area contributed by atoms with E-state index in [-0.39, 0.29) is 5.84 Å². The highest BCUT2D eigenvalue weighted by atomic mass is 32.2. The van der Waals surface area contributed by atoms with Crippen molar-refractivity contribution in [1.82, 2.24) is 0 Å². The third kappa shape index (κ3) is 4.69. The van der Waals surface area contributed by atoms with Crippen LogP contribution in [0, 0.1) is 5.92 Å². The number of rotatable bonds is 6. The second-order valence-corrected chi connectivity index (χ2v) is 5.24. The van der Waals surface area contributed by atoms with Gasteiger partial charge in [0.25, 0.3) is 0 Å². The number of thioether (sulfide) groups is 1. The molecule has 1 rings (SSSR count). The zero-order valence-electron chi connectivity index (χ0n) is 10.4. The van der Waals surface area contributed by atoms with Crippen molar-refractivity contribution in [3.63, 3.8) is 0 Å². The molecule has 0 heterocycles. The monoisotopic (exact) mass is 252 g/mol. The summed E-state index contributed by atoms with van der Waals surface area (Å²) in [5.41, 5.74) is 7.52. The van der Waals surface area contributed by atoms with Gasteiger partial charge in [-0.05, 0) is 17.2 Å². The van der Waals surface area contributed by atoms with E-state index >= 15 is 0 Å². The van der Waals surface area contributed by atoms with Gasteiger partial charge in [0, 0.05) is 11.3 Å². The van der Waals surface area contributed by atoms with Crippen molar-refractivity contribution >= 4 is 17.6 Å². The van der Waals surface area contributed by atoms with Crippen LogP contribution in [0.15, 0.2) is 29.4 Å². The quantitative estimate of drug-likeness (QED) is 0.354. The summed E-state index contributed by atoms with van der Waals surface area (Å²) in [6, 6.07) is 7.82. The van der Waals surface area contributed by atoms with Crippen molar-refractivity contribution in [3.8, 4) is 0 Å². The molecule has 4 heteroatoms. The van der Waals surface area contributed by atoms with E-state index in [0.717, 1.165) is 17.2 Å². The lowest BCUT2D eigenvalue weighted by molar-refractivity contribution is 0.318. The average Bonchev–Trinajstić information content (AvgIpc) is 2.38. The number of oxime groups is 1. The summed E-state index contributed by atoms with van der Waals surface area (Å²) in [4.78, 5) is 0. The van der Waals surface area contributed by atoms with Gasteiger partial charge >= 0.3 is 0 Å². The zero-order valence-corrected chi connectivity index (χ0v) is 11.2. The third-order valence-electron chi connectivity index (χ3n) is 2.73. The molecular weight excluding hydrogens is 232 g/mol. The maximum Gasteiger partial charge on any atom is 0.170 e. The summed E-state index contributed by atoms with van der Waals surface area (Å²) < 4.78 is 0. The summed E-state index contributed by atoms with van der Waals surface area (Å²) in [5.74, 6) is 3.14. The molecule has 0 spiro atoms. The first-order valence-corrected chi connectivity index (χ1v) is 6.97. The SMILES string of the molecule is CCC(C)CSCc1ccc(/C(N)=N/O)cc1. The highest BCUT2D eigenvalue weighted by Crippen LogP contribution is 2.17. The van der Waals surface area contributed by atoms with Crippen LogP contribution in [0.2, 0.25) is 0 Å². The normalized spacial score (nSPS) is 13.6. The van der Waals surface area contributed by atoms with Gasteiger partial charge in [0.05, 0.1) is 0 Å². The van der Waals surface area contributed by atoms with Crippen molar-refractivity contribution in [2.75, 3.05) is 5.75 Å². The first kappa shape index (κ1) is 13.9. The highest BCUT2D eigenvalue weighted by Gasteiger charge is 2.01. The Labute approximate surface area is 107 Å². The summed E-state index contributed by atoms with van der Waals surface area (Å²) in [6.45, 7) is 4.49. The molecule has 0 bridgehead atoms. The van der Waals surface area contributed by atoms with Crippen LogP contribution in [0.1, 0.15) is 31.4 Å². The van der Waals surface area contributed by atoms with E-state index in [1.165, 1.54) is 17.7 Å². The lowest BCUT2D eigenvalue weighted by Crippen LogP contribution is -2.12. The van der Waals surface area contributed by atoms with Crippen molar-refractivity contribution < 1.29 is 5.21 Å². The van der Waals surface area contributed by atoms with Crippen LogP contribution >= 0.6 is 11.8 Å². The number of hydrogen-bond donors (Lipinski definition) is 2. The standard InChI is InChI=1S/C13H20N2OS/c1-3-10(2)8-17-9-11-4-6-12(7-5-11)13(14)15-16/h4-7,10,16H,3,8-9H2,1-2H3,(H2,14,15). The van der Waals surface area contributed by atoms with Crippen LogP contribution in [0.5, 0.6) is 0 Å². The number of benzene rings is 1. The van der Waals surface area contributed by atoms with E-state index in [1.807, 2.05) is 36.0 Å². The number of amidine groups is 1.